The van der Waals surface area contributed by atoms with Gasteiger partial charge in [-0.15, -0.1) is 0 Å². The van der Waals surface area contributed by atoms with Gasteiger partial charge in [0.05, 0.1) is 22.4 Å². The van der Waals surface area contributed by atoms with Crippen LogP contribution in [0.3, 0.4) is 0 Å². The van der Waals surface area contributed by atoms with E-state index in [4.69, 9.17) is 27.4 Å². The van der Waals surface area contributed by atoms with Gasteiger partial charge < -0.3 is 0 Å². The molecule has 126 valence electrons. The summed E-state index contributed by atoms with van der Waals surface area (Å²) in [7, 11) is -3.46. The fourth-order valence-corrected chi connectivity index (χ4v) is 5.84. The number of rotatable bonds is 3. The van der Waals surface area contributed by atoms with E-state index in [1.807, 2.05) is 18.2 Å². The Morgan fingerprint density at radius 2 is 2.00 bits per heavy atom. The summed E-state index contributed by atoms with van der Waals surface area (Å²) >= 11 is 12.2. The molecular formula is C16H19Cl2NO3S. The molecule has 0 saturated carbocycles. The fraction of sp³-hybridized carbons (Fsp3) is 0.625. The second-order valence-corrected chi connectivity index (χ2v) is 9.34. The van der Waals surface area contributed by atoms with Crippen molar-refractivity contribution in [3.05, 3.63) is 33.8 Å². The summed E-state index contributed by atoms with van der Waals surface area (Å²) in [6, 6.07) is 6.71. The zero-order valence-corrected chi connectivity index (χ0v) is 15.1. The number of hydrogen-bond donors (Lipinski definition) is 0. The number of hydrogen-bond acceptors (Lipinski definition) is 4. The molecule has 0 spiro atoms. The molecule has 0 amide bonds. The van der Waals surface area contributed by atoms with Gasteiger partial charge in [-0.3, -0.25) is 9.08 Å². The van der Waals surface area contributed by atoms with Crippen LogP contribution in [0.15, 0.2) is 18.2 Å². The lowest BCUT2D eigenvalue weighted by Crippen LogP contribution is -2.41. The van der Waals surface area contributed by atoms with Gasteiger partial charge in [-0.2, -0.15) is 8.42 Å². The van der Waals surface area contributed by atoms with E-state index in [-0.39, 0.29) is 17.9 Å². The van der Waals surface area contributed by atoms with Gasteiger partial charge in [0.15, 0.2) is 0 Å². The van der Waals surface area contributed by atoms with Crippen molar-refractivity contribution in [2.75, 3.05) is 12.8 Å². The van der Waals surface area contributed by atoms with Crippen LogP contribution in [0.1, 0.15) is 30.7 Å². The lowest BCUT2D eigenvalue weighted by Gasteiger charge is -2.38. The molecule has 7 heteroatoms. The summed E-state index contributed by atoms with van der Waals surface area (Å²) in [6.07, 6.45) is 4.21. The molecule has 4 bridgehead atoms. The van der Waals surface area contributed by atoms with Gasteiger partial charge in [0.2, 0.25) is 0 Å². The first kappa shape index (κ1) is 16.2. The van der Waals surface area contributed by atoms with Gasteiger partial charge >= 0.3 is 0 Å². The van der Waals surface area contributed by atoms with Crippen molar-refractivity contribution in [3.63, 3.8) is 0 Å². The number of benzene rings is 1. The van der Waals surface area contributed by atoms with Crippen molar-refractivity contribution in [2.24, 2.45) is 5.92 Å². The Balaban J connectivity index is 1.70. The SMILES string of the molecule is CS(=O)(=O)OC1CN2C3CCC2C1C(c1ccc(Cl)c(Cl)c1)C3. The summed E-state index contributed by atoms with van der Waals surface area (Å²) in [6.45, 7) is 0.713. The molecule has 3 heterocycles. The fourth-order valence-electron chi connectivity index (χ4n) is 4.89. The Hall–Kier alpha value is -0.330. The van der Waals surface area contributed by atoms with Gasteiger partial charge in [0, 0.05) is 24.5 Å². The van der Waals surface area contributed by atoms with Crippen LogP contribution < -0.4 is 0 Å². The summed E-state index contributed by atoms with van der Waals surface area (Å²) in [5.41, 5.74) is 1.14. The number of piperidine rings is 1. The van der Waals surface area contributed by atoms with E-state index < -0.39 is 10.1 Å². The standard InChI is InChI=1S/C16H19Cl2NO3S/c1-23(20,21)22-15-8-19-10-3-5-14(19)16(15)11(7-10)9-2-4-12(17)13(18)6-9/h2,4,6,10-11,14-16H,3,5,7-8H2,1H3. The second kappa shape index (κ2) is 5.60. The predicted octanol–water partition coefficient (Wildman–Crippen LogP) is 3.29. The summed E-state index contributed by atoms with van der Waals surface area (Å²) < 4.78 is 28.7. The first-order chi connectivity index (χ1) is 10.8. The maximum absolute atomic E-state index is 11.6. The van der Waals surface area contributed by atoms with Crippen LogP contribution in [0.5, 0.6) is 0 Å². The van der Waals surface area contributed by atoms with Crippen LogP contribution in [0, 0.1) is 5.92 Å². The van der Waals surface area contributed by atoms with Gasteiger partial charge in [-0.1, -0.05) is 29.3 Å². The van der Waals surface area contributed by atoms with Gasteiger partial charge in [-0.05, 0) is 42.9 Å². The summed E-state index contributed by atoms with van der Waals surface area (Å²) in [4.78, 5) is 2.45. The van der Waals surface area contributed by atoms with Crippen LogP contribution in [-0.4, -0.2) is 44.3 Å². The highest BCUT2D eigenvalue weighted by Gasteiger charge is 2.56. The van der Waals surface area contributed by atoms with E-state index in [9.17, 15) is 8.42 Å². The van der Waals surface area contributed by atoms with E-state index in [1.165, 1.54) is 6.42 Å². The largest absolute Gasteiger partial charge is 0.294 e. The van der Waals surface area contributed by atoms with E-state index in [0.717, 1.165) is 24.7 Å². The minimum Gasteiger partial charge on any atom is -0.294 e. The highest BCUT2D eigenvalue weighted by atomic mass is 35.5. The third kappa shape index (κ3) is 2.81. The lowest BCUT2D eigenvalue weighted by atomic mass is 9.77. The summed E-state index contributed by atoms with van der Waals surface area (Å²) in [5, 5.41) is 1.10. The molecule has 4 rings (SSSR count). The minimum absolute atomic E-state index is 0.195. The molecule has 0 aliphatic carbocycles. The Labute approximate surface area is 146 Å². The molecule has 0 aromatic heterocycles. The Morgan fingerprint density at radius 3 is 2.70 bits per heavy atom. The maximum Gasteiger partial charge on any atom is 0.264 e. The van der Waals surface area contributed by atoms with Crippen LogP contribution in [0.2, 0.25) is 10.0 Å². The molecule has 3 fully saturated rings. The molecule has 3 aliphatic heterocycles. The average Bonchev–Trinajstić information content (AvgIpc) is 2.86. The van der Waals surface area contributed by atoms with Crippen molar-refractivity contribution < 1.29 is 12.6 Å². The van der Waals surface area contributed by atoms with Gasteiger partial charge in [-0.25, -0.2) is 0 Å². The third-order valence-corrected chi connectivity index (χ3v) is 6.95. The molecule has 0 N–H and O–H groups in total. The van der Waals surface area contributed by atoms with Crippen LogP contribution in [0.25, 0.3) is 0 Å². The van der Waals surface area contributed by atoms with Crippen LogP contribution in [-0.2, 0) is 14.3 Å². The van der Waals surface area contributed by atoms with Gasteiger partial charge in [0.1, 0.15) is 0 Å². The Morgan fingerprint density at radius 1 is 1.22 bits per heavy atom. The Bertz CT molecular complexity index is 739. The third-order valence-electron chi connectivity index (χ3n) is 5.62. The molecule has 3 aliphatic rings. The minimum atomic E-state index is -3.46. The van der Waals surface area contributed by atoms with Crippen molar-refractivity contribution in [3.8, 4) is 0 Å². The summed E-state index contributed by atoms with van der Waals surface area (Å²) in [5.74, 6) is 0.466. The molecule has 0 radical (unpaired) electrons. The van der Waals surface area contributed by atoms with Crippen LogP contribution >= 0.6 is 23.2 Å². The molecule has 1 aromatic carbocycles. The van der Waals surface area contributed by atoms with Crippen molar-refractivity contribution in [1.29, 1.82) is 0 Å². The molecule has 6 unspecified atom stereocenters. The quantitative estimate of drug-likeness (QED) is 0.760. The Kier molecular flexibility index (Phi) is 3.93. The maximum atomic E-state index is 11.6. The van der Waals surface area contributed by atoms with E-state index in [2.05, 4.69) is 4.90 Å². The van der Waals surface area contributed by atoms with E-state index >= 15 is 0 Å². The van der Waals surface area contributed by atoms with Gasteiger partial charge in [0.25, 0.3) is 10.1 Å². The second-order valence-electron chi connectivity index (χ2n) is 6.93. The highest BCUT2D eigenvalue weighted by Crippen LogP contribution is 2.53. The monoisotopic (exact) mass is 375 g/mol. The smallest absolute Gasteiger partial charge is 0.264 e. The van der Waals surface area contributed by atoms with Crippen molar-refractivity contribution in [1.82, 2.24) is 4.90 Å². The molecule has 1 aromatic rings. The lowest BCUT2D eigenvalue weighted by molar-refractivity contribution is 0.131. The van der Waals surface area contributed by atoms with Crippen molar-refractivity contribution >= 4 is 33.3 Å². The van der Waals surface area contributed by atoms with E-state index in [1.54, 1.807) is 0 Å². The number of halogens is 2. The predicted molar refractivity (Wildman–Crippen MR) is 90.5 cm³/mol. The molecule has 6 atom stereocenters. The average molecular weight is 376 g/mol. The number of nitrogens with zero attached hydrogens (tertiary/aromatic N) is 1. The molecular weight excluding hydrogens is 357 g/mol. The van der Waals surface area contributed by atoms with E-state index in [0.29, 0.717) is 28.7 Å². The molecule has 23 heavy (non-hydrogen) atoms. The topological polar surface area (TPSA) is 46.6 Å². The van der Waals surface area contributed by atoms with Crippen LogP contribution in [0.4, 0.5) is 0 Å². The zero-order valence-electron chi connectivity index (χ0n) is 12.8. The first-order valence-corrected chi connectivity index (χ1v) is 10.5. The highest BCUT2D eigenvalue weighted by molar-refractivity contribution is 7.86. The van der Waals surface area contributed by atoms with Crippen molar-refractivity contribution in [2.45, 2.75) is 43.4 Å². The molecule has 4 nitrogen and oxygen atoms in total. The first-order valence-electron chi connectivity index (χ1n) is 7.92. The zero-order chi connectivity index (χ0) is 16.4. The molecule has 3 saturated heterocycles. The normalized spacial score (nSPS) is 38.9.